The monoisotopic (exact) mass is 738 g/mol. The number of hydrogen-bond donors (Lipinski definition) is 2. The quantitative estimate of drug-likeness (QED) is 0.222. The van der Waals surface area contributed by atoms with E-state index in [4.69, 9.17) is 32.4 Å². The molecule has 1 atom stereocenters. The van der Waals surface area contributed by atoms with Gasteiger partial charge in [0.05, 0.1) is 34.8 Å². The Morgan fingerprint density at radius 2 is 1.58 bits per heavy atom. The Morgan fingerprint density at radius 1 is 0.920 bits per heavy atom. The number of halogens is 5. The van der Waals surface area contributed by atoms with Gasteiger partial charge in [-0.2, -0.15) is 13.2 Å². The number of amides is 1. The molecule has 1 amide bonds. The van der Waals surface area contributed by atoms with Gasteiger partial charge in [-0.05, 0) is 62.3 Å². The van der Waals surface area contributed by atoms with Crippen LogP contribution in [0.4, 0.5) is 18.9 Å². The Morgan fingerprint density at radius 3 is 2.24 bits per heavy atom. The summed E-state index contributed by atoms with van der Waals surface area (Å²) in [6, 6.07) is 10.1. The molecule has 0 radical (unpaired) electrons. The number of carbonyl (C=O) groups excluding carboxylic acids is 2. The van der Waals surface area contributed by atoms with E-state index in [1.165, 1.54) is 23.3 Å². The summed E-state index contributed by atoms with van der Waals surface area (Å²) >= 11 is 13.4. The second kappa shape index (κ2) is 15.2. The van der Waals surface area contributed by atoms with E-state index in [0.717, 1.165) is 12.8 Å². The molecule has 6 rings (SSSR count). The molecule has 15 heteroatoms. The lowest BCUT2D eigenvalue weighted by molar-refractivity contribution is -0.262. The number of fused-ring (bicyclic) bond motifs is 1. The van der Waals surface area contributed by atoms with Crippen molar-refractivity contribution in [1.29, 1.82) is 0 Å². The van der Waals surface area contributed by atoms with Gasteiger partial charge in [0.1, 0.15) is 11.8 Å². The average Bonchev–Trinajstić information content (AvgIpc) is 3.77. The van der Waals surface area contributed by atoms with Gasteiger partial charge in [0.15, 0.2) is 5.78 Å². The van der Waals surface area contributed by atoms with E-state index in [1.54, 1.807) is 24.3 Å². The Bertz CT molecular complexity index is 1720. The third-order valence-corrected chi connectivity index (χ3v) is 10.6. The number of nitrogens with zero attached hydrogens (tertiary/aromatic N) is 3. The zero-order valence-corrected chi connectivity index (χ0v) is 28.8. The molecule has 3 aliphatic rings. The van der Waals surface area contributed by atoms with Crippen LogP contribution in [0.2, 0.25) is 10.0 Å². The Kier molecular flexibility index (Phi) is 11.1. The van der Waals surface area contributed by atoms with Crippen LogP contribution in [0.15, 0.2) is 47.1 Å². The maximum absolute atomic E-state index is 14.8. The number of ether oxygens (including phenoxy) is 1. The molecule has 0 bridgehead atoms. The molecule has 1 aromatic heterocycles. The van der Waals surface area contributed by atoms with Gasteiger partial charge in [-0.3, -0.25) is 29.1 Å². The summed E-state index contributed by atoms with van der Waals surface area (Å²) in [6.45, 7) is 0.534. The normalized spacial score (nSPS) is 22.4. The van der Waals surface area contributed by atoms with Crippen molar-refractivity contribution < 1.29 is 41.8 Å². The number of hydrogen-bond acceptors (Lipinski definition) is 8. The van der Waals surface area contributed by atoms with Gasteiger partial charge >= 0.3 is 12.1 Å². The molecule has 2 N–H and O–H groups in total. The summed E-state index contributed by atoms with van der Waals surface area (Å²) in [5.74, 6) is -3.77. The van der Waals surface area contributed by atoms with Crippen LogP contribution in [-0.2, 0) is 20.7 Å². The number of para-hydroxylation sites is 1. The molecule has 1 saturated carbocycles. The van der Waals surface area contributed by atoms with Crippen molar-refractivity contribution in [3.63, 3.8) is 0 Å². The minimum Gasteiger partial charge on any atom is -0.481 e. The lowest BCUT2D eigenvalue weighted by Gasteiger charge is -2.52. The van der Waals surface area contributed by atoms with E-state index in [9.17, 15) is 32.7 Å². The molecular formula is C35H39Cl2F3N4O6. The molecule has 3 fully saturated rings. The average molecular weight is 740 g/mol. The van der Waals surface area contributed by atoms with Gasteiger partial charge in [0.25, 0.3) is 5.91 Å². The molecule has 2 aliphatic heterocycles. The number of benzene rings is 2. The van der Waals surface area contributed by atoms with Crippen molar-refractivity contribution in [2.24, 2.45) is 5.92 Å². The van der Waals surface area contributed by atoms with Crippen LogP contribution in [0.1, 0.15) is 54.4 Å². The SMILES string of the molecule is O=C(Nc1cc(Cl)c(CC(=O)C(O[C@H]2CC[C@H](C(=O)O)CC2)(N2CCCC2)N2CCN(CC(F)(F)F)CC2)cc1Cl)c1coc2ccccc12. The zero-order chi connectivity index (χ0) is 35.6. The van der Waals surface area contributed by atoms with Gasteiger partial charge in [0, 0.05) is 56.1 Å². The number of likely N-dealkylation sites (tertiary alicyclic amines) is 1. The standard InChI is InChI=1S/C35H39Cl2F3N4O6/c36-27-19-29(41-32(46)26-20-49-30-6-2-1-5-25(26)30)28(37)17-23(27)18-31(45)35(43-11-3-4-12-43,50-24-9-7-22(8-10-24)33(47)48)44-15-13-42(14-16-44)21-34(38,39)40/h1-2,5-6,17,19-20,22,24H,3-4,7-16,18,21H2,(H,41,46)(H,47,48)/t22-,24-,35?. The molecule has 3 aromatic rings. The highest BCUT2D eigenvalue weighted by atomic mass is 35.5. The number of piperazine rings is 1. The summed E-state index contributed by atoms with van der Waals surface area (Å²) in [7, 11) is 0. The van der Waals surface area contributed by atoms with Crippen LogP contribution in [0.5, 0.6) is 0 Å². The van der Waals surface area contributed by atoms with Crippen molar-refractivity contribution in [2.45, 2.75) is 63.1 Å². The summed E-state index contributed by atoms with van der Waals surface area (Å²) in [4.78, 5) is 44.8. The largest absolute Gasteiger partial charge is 0.481 e. The second-order valence-corrected chi connectivity index (χ2v) is 14.0. The molecule has 2 aromatic carbocycles. The van der Waals surface area contributed by atoms with Crippen LogP contribution < -0.4 is 5.32 Å². The second-order valence-electron chi connectivity index (χ2n) is 13.2. The van der Waals surface area contributed by atoms with E-state index in [-0.39, 0.29) is 54.1 Å². The number of aliphatic carboxylic acids is 1. The first-order chi connectivity index (χ1) is 23.8. The van der Waals surface area contributed by atoms with Crippen LogP contribution in [0.25, 0.3) is 11.0 Å². The van der Waals surface area contributed by atoms with Crippen molar-refractivity contribution in [1.82, 2.24) is 14.7 Å². The number of Topliss-reactive ketones (excluding diaryl/α,β-unsaturated/α-hetero) is 1. The minimum absolute atomic E-state index is 0.0877. The molecule has 50 heavy (non-hydrogen) atoms. The molecule has 3 heterocycles. The van der Waals surface area contributed by atoms with Gasteiger partial charge < -0.3 is 19.6 Å². The topological polar surface area (TPSA) is 116 Å². The number of carbonyl (C=O) groups is 3. The minimum atomic E-state index is -4.35. The molecule has 2 saturated heterocycles. The number of rotatable bonds is 11. The van der Waals surface area contributed by atoms with Crippen molar-refractivity contribution in [3.05, 3.63) is 63.8 Å². The van der Waals surface area contributed by atoms with Crippen molar-refractivity contribution in [3.8, 4) is 0 Å². The Hall–Kier alpha value is -3.20. The van der Waals surface area contributed by atoms with Gasteiger partial charge in [-0.15, -0.1) is 0 Å². The predicted molar refractivity (Wildman–Crippen MR) is 181 cm³/mol. The smallest absolute Gasteiger partial charge is 0.401 e. The molecular weight excluding hydrogens is 700 g/mol. The number of nitrogens with one attached hydrogen (secondary N) is 1. The van der Waals surface area contributed by atoms with Gasteiger partial charge in [-0.1, -0.05) is 41.4 Å². The first-order valence-electron chi connectivity index (χ1n) is 16.8. The molecule has 1 unspecified atom stereocenters. The Labute approximate surface area is 297 Å². The van der Waals surface area contributed by atoms with E-state index in [0.29, 0.717) is 60.9 Å². The van der Waals surface area contributed by atoms with Crippen LogP contribution in [0, 0.1) is 5.92 Å². The fourth-order valence-corrected chi connectivity index (χ4v) is 7.83. The Balaban J connectivity index is 1.27. The third-order valence-electron chi connectivity index (χ3n) is 9.92. The first kappa shape index (κ1) is 36.6. The number of furan rings is 1. The maximum Gasteiger partial charge on any atom is 0.401 e. The van der Waals surface area contributed by atoms with Crippen molar-refractivity contribution >= 4 is 57.5 Å². The van der Waals surface area contributed by atoms with E-state index in [2.05, 4.69) is 5.32 Å². The highest BCUT2D eigenvalue weighted by Gasteiger charge is 2.53. The first-order valence-corrected chi connectivity index (χ1v) is 17.6. The highest BCUT2D eigenvalue weighted by molar-refractivity contribution is 6.36. The lowest BCUT2D eigenvalue weighted by Crippen LogP contribution is -2.71. The number of carboxylic acids is 1. The van der Waals surface area contributed by atoms with Gasteiger partial charge in [0.2, 0.25) is 5.85 Å². The van der Waals surface area contributed by atoms with E-state index < -0.39 is 42.5 Å². The third kappa shape index (κ3) is 7.98. The molecule has 270 valence electrons. The van der Waals surface area contributed by atoms with Crippen LogP contribution in [-0.4, -0.2) is 101 Å². The number of anilines is 1. The van der Waals surface area contributed by atoms with Crippen LogP contribution in [0.3, 0.4) is 0 Å². The summed E-state index contributed by atoms with van der Waals surface area (Å²) < 4.78 is 52.1. The van der Waals surface area contributed by atoms with Crippen LogP contribution >= 0.6 is 23.2 Å². The summed E-state index contributed by atoms with van der Waals surface area (Å²) in [5.41, 5.74) is 1.50. The summed E-state index contributed by atoms with van der Waals surface area (Å²) in [5, 5.41) is 13.3. The maximum atomic E-state index is 14.8. The fourth-order valence-electron chi connectivity index (χ4n) is 7.36. The fraction of sp³-hybridized carbons (Fsp3) is 0.514. The molecule has 10 nitrogen and oxygen atoms in total. The lowest BCUT2D eigenvalue weighted by atomic mass is 9.87. The molecule has 1 aliphatic carbocycles. The predicted octanol–water partition coefficient (Wildman–Crippen LogP) is 6.69. The zero-order valence-electron chi connectivity index (χ0n) is 27.3. The van der Waals surface area contributed by atoms with E-state index >= 15 is 0 Å². The van der Waals surface area contributed by atoms with E-state index in [1.807, 2.05) is 9.80 Å². The number of carboxylic acid groups (broad SMARTS) is 1. The van der Waals surface area contributed by atoms with Gasteiger partial charge in [-0.25, -0.2) is 0 Å². The number of ketones is 1. The van der Waals surface area contributed by atoms with Crippen molar-refractivity contribution in [2.75, 3.05) is 51.1 Å². The number of alkyl halides is 3. The molecule has 0 spiro atoms. The highest BCUT2D eigenvalue weighted by Crippen LogP contribution is 2.38. The summed E-state index contributed by atoms with van der Waals surface area (Å²) in [6.07, 6.45) is -0.353.